The number of guanidine groups is 1. The largest absolute Gasteiger partial charge is 0.390 e. The minimum absolute atomic E-state index is 0.278. The van der Waals surface area contributed by atoms with Crippen molar-refractivity contribution >= 4 is 5.96 Å². The zero-order chi connectivity index (χ0) is 16.8. The third-order valence-corrected chi connectivity index (χ3v) is 3.06. The Balaban J connectivity index is 2.72. The van der Waals surface area contributed by atoms with E-state index < -0.39 is 12.6 Å². The predicted molar refractivity (Wildman–Crippen MR) is 79.3 cm³/mol. The summed E-state index contributed by atoms with van der Waals surface area (Å²) in [6, 6.07) is 4.57. The Labute approximate surface area is 127 Å². The number of rotatable bonds is 5. The highest BCUT2D eigenvalue weighted by Gasteiger charge is 2.26. The number of aryl methyl sites for hydroxylation is 1. The van der Waals surface area contributed by atoms with Crippen LogP contribution in [0.15, 0.2) is 23.2 Å². The number of alkyl halides is 3. The van der Waals surface area contributed by atoms with Crippen LogP contribution in [0.3, 0.4) is 0 Å². The zero-order valence-electron chi connectivity index (χ0n) is 12.9. The molecule has 1 aromatic carbocycles. The molecule has 0 aromatic heterocycles. The maximum Gasteiger partial charge on any atom is 0.390 e. The van der Waals surface area contributed by atoms with E-state index in [0.717, 1.165) is 0 Å². The van der Waals surface area contributed by atoms with Gasteiger partial charge >= 0.3 is 6.18 Å². The molecule has 3 nitrogen and oxygen atoms in total. The molecule has 0 spiro atoms. The van der Waals surface area contributed by atoms with Crippen LogP contribution in [0, 0.1) is 12.7 Å². The molecule has 0 saturated carbocycles. The van der Waals surface area contributed by atoms with Crippen LogP contribution < -0.4 is 10.6 Å². The number of halogens is 4. The maximum atomic E-state index is 13.6. The smallest absolute Gasteiger partial charge is 0.357 e. The first-order chi connectivity index (χ1) is 10.2. The monoisotopic (exact) mass is 319 g/mol. The fraction of sp³-hybridized carbons (Fsp3) is 0.533. The van der Waals surface area contributed by atoms with Crippen LogP contribution >= 0.6 is 0 Å². The van der Waals surface area contributed by atoms with E-state index in [-0.39, 0.29) is 24.4 Å². The number of nitrogens with zero attached hydrogens (tertiary/aromatic N) is 1. The molecule has 0 fully saturated rings. The highest BCUT2D eigenvalue weighted by molar-refractivity contribution is 5.80. The Hall–Kier alpha value is -1.79. The van der Waals surface area contributed by atoms with Crippen LogP contribution in [0.4, 0.5) is 17.6 Å². The summed E-state index contributed by atoms with van der Waals surface area (Å²) in [4.78, 5) is 3.88. The first kappa shape index (κ1) is 18.3. The highest BCUT2D eigenvalue weighted by Crippen LogP contribution is 2.19. The second-order valence-electron chi connectivity index (χ2n) is 5.00. The van der Waals surface area contributed by atoms with Crippen molar-refractivity contribution in [2.45, 2.75) is 39.4 Å². The molecule has 0 heterocycles. The number of hydrogen-bond acceptors (Lipinski definition) is 1. The second-order valence-corrected chi connectivity index (χ2v) is 5.00. The van der Waals surface area contributed by atoms with Crippen molar-refractivity contribution < 1.29 is 17.6 Å². The number of hydrogen-bond donors (Lipinski definition) is 2. The summed E-state index contributed by atoms with van der Waals surface area (Å²) in [7, 11) is 0. The standard InChI is InChI=1S/C15H21F4N3/c1-4-20-14(21-8-7-15(17,18)19)22-11(3)12-6-5-10(2)13(16)9-12/h5-6,9,11H,4,7-8H2,1-3H3,(H2,20,21,22). The molecular formula is C15H21F4N3. The van der Waals surface area contributed by atoms with Crippen LogP contribution in [0.1, 0.15) is 37.4 Å². The summed E-state index contributed by atoms with van der Waals surface area (Å²) >= 11 is 0. The summed E-state index contributed by atoms with van der Waals surface area (Å²) in [5.74, 6) is -0.0367. The lowest BCUT2D eigenvalue weighted by atomic mass is 10.1. The van der Waals surface area contributed by atoms with Gasteiger partial charge in [-0.15, -0.1) is 0 Å². The molecule has 0 radical (unpaired) electrons. The first-order valence-electron chi connectivity index (χ1n) is 7.10. The molecule has 0 amide bonds. The van der Waals surface area contributed by atoms with Crippen LogP contribution in [-0.2, 0) is 0 Å². The van der Waals surface area contributed by atoms with Crippen LogP contribution in [0.5, 0.6) is 0 Å². The summed E-state index contributed by atoms with van der Waals surface area (Å²) in [6.07, 6.45) is -5.20. The fourth-order valence-electron chi connectivity index (χ4n) is 1.78. The summed E-state index contributed by atoms with van der Waals surface area (Å²) in [5.41, 5.74) is 1.24. The zero-order valence-corrected chi connectivity index (χ0v) is 12.9. The molecule has 1 atom stereocenters. The Morgan fingerprint density at radius 1 is 1.32 bits per heavy atom. The Bertz CT molecular complexity index is 512. The van der Waals surface area contributed by atoms with Crippen molar-refractivity contribution in [2.24, 2.45) is 4.99 Å². The van der Waals surface area contributed by atoms with Crippen LogP contribution in [0.25, 0.3) is 0 Å². The average molecular weight is 319 g/mol. The fourth-order valence-corrected chi connectivity index (χ4v) is 1.78. The van der Waals surface area contributed by atoms with Gasteiger partial charge in [-0.3, -0.25) is 4.99 Å². The van der Waals surface area contributed by atoms with E-state index in [1.54, 1.807) is 26.0 Å². The lowest BCUT2D eigenvalue weighted by Gasteiger charge is -2.18. The Kier molecular flexibility index (Phi) is 6.64. The van der Waals surface area contributed by atoms with Crippen molar-refractivity contribution in [1.29, 1.82) is 0 Å². The molecule has 7 heteroatoms. The number of aliphatic imine (C=N–C) groups is 1. The van der Waals surface area contributed by atoms with Gasteiger partial charge in [0.25, 0.3) is 0 Å². The van der Waals surface area contributed by atoms with Crippen molar-refractivity contribution in [2.75, 3.05) is 13.1 Å². The molecule has 0 saturated heterocycles. The van der Waals surface area contributed by atoms with Gasteiger partial charge in [-0.25, -0.2) is 4.39 Å². The normalized spacial score (nSPS) is 13.9. The topological polar surface area (TPSA) is 36.4 Å². The molecule has 1 unspecified atom stereocenters. The number of nitrogens with one attached hydrogen (secondary N) is 2. The maximum absolute atomic E-state index is 13.6. The molecule has 0 bridgehead atoms. The third-order valence-electron chi connectivity index (χ3n) is 3.06. The van der Waals surface area contributed by atoms with E-state index >= 15 is 0 Å². The Morgan fingerprint density at radius 3 is 2.55 bits per heavy atom. The lowest BCUT2D eigenvalue weighted by Crippen LogP contribution is -2.39. The van der Waals surface area contributed by atoms with Gasteiger partial charge in [-0.2, -0.15) is 13.2 Å². The minimum Gasteiger partial charge on any atom is -0.357 e. The van der Waals surface area contributed by atoms with Gasteiger partial charge in [0.2, 0.25) is 0 Å². The van der Waals surface area contributed by atoms with Gasteiger partial charge in [-0.1, -0.05) is 12.1 Å². The highest BCUT2D eigenvalue weighted by atomic mass is 19.4. The molecule has 124 valence electrons. The SMILES string of the molecule is CCNC(=NCCC(F)(F)F)NC(C)c1ccc(C)c(F)c1. The van der Waals surface area contributed by atoms with Crippen LogP contribution in [0.2, 0.25) is 0 Å². The van der Waals surface area contributed by atoms with E-state index in [1.807, 2.05) is 6.92 Å². The summed E-state index contributed by atoms with van der Waals surface area (Å²) < 4.78 is 50.0. The molecule has 1 aromatic rings. The predicted octanol–water partition coefficient (Wildman–Crippen LogP) is 3.70. The van der Waals surface area contributed by atoms with Gasteiger partial charge in [0.1, 0.15) is 5.82 Å². The Morgan fingerprint density at radius 2 is 2.00 bits per heavy atom. The molecule has 0 aliphatic rings. The second kappa shape index (κ2) is 8.00. The van der Waals surface area contributed by atoms with Gasteiger partial charge in [0.05, 0.1) is 19.0 Å². The first-order valence-corrected chi connectivity index (χ1v) is 7.10. The molecule has 0 aliphatic heterocycles. The van der Waals surface area contributed by atoms with Crippen molar-refractivity contribution in [3.63, 3.8) is 0 Å². The van der Waals surface area contributed by atoms with E-state index in [0.29, 0.717) is 17.7 Å². The molecule has 22 heavy (non-hydrogen) atoms. The van der Waals surface area contributed by atoms with Gasteiger partial charge in [-0.05, 0) is 38.0 Å². The summed E-state index contributed by atoms with van der Waals surface area (Å²) in [6.45, 7) is 5.44. The molecule has 2 N–H and O–H groups in total. The molecule has 0 aliphatic carbocycles. The van der Waals surface area contributed by atoms with E-state index in [2.05, 4.69) is 15.6 Å². The average Bonchev–Trinajstić information content (AvgIpc) is 2.40. The number of benzene rings is 1. The van der Waals surface area contributed by atoms with Gasteiger partial charge in [0, 0.05) is 6.54 Å². The third kappa shape index (κ3) is 6.32. The van der Waals surface area contributed by atoms with Gasteiger partial charge in [0.15, 0.2) is 5.96 Å². The van der Waals surface area contributed by atoms with E-state index in [9.17, 15) is 17.6 Å². The minimum atomic E-state index is -4.23. The van der Waals surface area contributed by atoms with E-state index in [1.165, 1.54) is 6.07 Å². The van der Waals surface area contributed by atoms with Crippen molar-refractivity contribution in [3.05, 3.63) is 35.1 Å². The van der Waals surface area contributed by atoms with Gasteiger partial charge < -0.3 is 10.6 Å². The van der Waals surface area contributed by atoms with E-state index in [4.69, 9.17) is 0 Å². The van der Waals surface area contributed by atoms with Crippen LogP contribution in [-0.4, -0.2) is 25.2 Å². The quantitative estimate of drug-likeness (QED) is 0.493. The molecule has 1 rings (SSSR count). The van der Waals surface area contributed by atoms with Crippen molar-refractivity contribution in [1.82, 2.24) is 10.6 Å². The lowest BCUT2D eigenvalue weighted by molar-refractivity contribution is -0.132. The summed E-state index contributed by atoms with van der Waals surface area (Å²) in [5, 5.41) is 5.85. The van der Waals surface area contributed by atoms with Crippen molar-refractivity contribution in [3.8, 4) is 0 Å². The molecular weight excluding hydrogens is 298 g/mol.